The summed E-state index contributed by atoms with van der Waals surface area (Å²) < 4.78 is 0. The van der Waals surface area contributed by atoms with Crippen LogP contribution in [0.2, 0.25) is 10.0 Å². The average molecular weight is 337 g/mol. The van der Waals surface area contributed by atoms with E-state index in [1.165, 1.54) is 0 Å². The maximum absolute atomic E-state index is 12.6. The number of hydrogen-bond donors (Lipinski definition) is 0. The number of anilines is 1. The summed E-state index contributed by atoms with van der Waals surface area (Å²) in [4.78, 5) is 16.4. The predicted octanol–water partition coefficient (Wildman–Crippen LogP) is 2.75. The molecule has 5 nitrogen and oxygen atoms in total. The van der Waals surface area contributed by atoms with Gasteiger partial charge < -0.3 is 9.80 Å². The van der Waals surface area contributed by atoms with E-state index in [1.807, 2.05) is 12.1 Å². The van der Waals surface area contributed by atoms with Gasteiger partial charge in [0.15, 0.2) is 5.82 Å². The number of carbonyl (C=O) groups is 1. The van der Waals surface area contributed by atoms with Crippen molar-refractivity contribution < 1.29 is 4.79 Å². The van der Waals surface area contributed by atoms with Gasteiger partial charge in [-0.2, -0.15) is 5.10 Å². The molecule has 0 atom stereocenters. The first-order valence-electron chi connectivity index (χ1n) is 6.92. The van der Waals surface area contributed by atoms with Crippen LogP contribution in [0.4, 0.5) is 5.82 Å². The number of nitrogens with zero attached hydrogens (tertiary/aromatic N) is 4. The van der Waals surface area contributed by atoms with Crippen LogP contribution in [-0.2, 0) is 0 Å². The standard InChI is InChI=1S/C15H14Cl2N4O/c16-11-3-4-13(17)12(10-11)15(22)21-8-6-20(7-9-21)14-2-1-5-18-19-14/h1-5,10H,6-9H2. The number of carbonyl (C=O) groups excluding carboxylic acids is 1. The molecule has 1 aromatic heterocycles. The first-order chi connectivity index (χ1) is 10.6. The second-order valence-electron chi connectivity index (χ2n) is 4.99. The molecule has 2 heterocycles. The lowest BCUT2D eigenvalue weighted by Gasteiger charge is -2.35. The maximum Gasteiger partial charge on any atom is 0.255 e. The number of benzene rings is 1. The molecule has 1 amide bonds. The Bertz CT molecular complexity index is 672. The van der Waals surface area contributed by atoms with Crippen LogP contribution in [0, 0.1) is 0 Å². The van der Waals surface area contributed by atoms with Crippen molar-refractivity contribution in [3.8, 4) is 0 Å². The molecule has 22 heavy (non-hydrogen) atoms. The summed E-state index contributed by atoms with van der Waals surface area (Å²) in [6, 6.07) is 8.70. The molecule has 1 aliphatic heterocycles. The van der Waals surface area contributed by atoms with Crippen molar-refractivity contribution in [1.29, 1.82) is 0 Å². The lowest BCUT2D eigenvalue weighted by molar-refractivity contribution is 0.0746. The third-order valence-corrected chi connectivity index (χ3v) is 4.17. The van der Waals surface area contributed by atoms with Gasteiger partial charge in [-0.05, 0) is 30.3 Å². The molecule has 1 fully saturated rings. The maximum atomic E-state index is 12.6. The van der Waals surface area contributed by atoms with Gasteiger partial charge in [0.05, 0.1) is 10.6 Å². The smallest absolute Gasteiger partial charge is 0.255 e. The lowest BCUT2D eigenvalue weighted by atomic mass is 10.1. The van der Waals surface area contributed by atoms with Gasteiger partial charge >= 0.3 is 0 Å². The Morgan fingerprint density at radius 2 is 1.86 bits per heavy atom. The number of piperazine rings is 1. The second-order valence-corrected chi connectivity index (χ2v) is 5.83. The number of halogens is 2. The number of rotatable bonds is 2. The van der Waals surface area contributed by atoms with Crippen LogP contribution < -0.4 is 4.90 Å². The molecule has 1 aromatic carbocycles. The van der Waals surface area contributed by atoms with Crippen molar-refractivity contribution in [2.45, 2.75) is 0 Å². The van der Waals surface area contributed by atoms with Crippen LogP contribution in [-0.4, -0.2) is 47.2 Å². The Morgan fingerprint density at radius 1 is 1.09 bits per heavy atom. The predicted molar refractivity (Wildman–Crippen MR) is 86.6 cm³/mol. The average Bonchev–Trinajstić information content (AvgIpc) is 2.57. The zero-order valence-electron chi connectivity index (χ0n) is 11.7. The van der Waals surface area contributed by atoms with Crippen LogP contribution in [0.15, 0.2) is 36.5 Å². The molecule has 1 aliphatic rings. The van der Waals surface area contributed by atoms with Crippen LogP contribution in [0.25, 0.3) is 0 Å². The molecule has 3 rings (SSSR count). The van der Waals surface area contributed by atoms with Crippen molar-refractivity contribution in [3.63, 3.8) is 0 Å². The molecule has 0 unspecified atom stereocenters. The first kappa shape index (κ1) is 15.1. The highest BCUT2D eigenvalue weighted by molar-refractivity contribution is 6.35. The summed E-state index contributed by atoms with van der Waals surface area (Å²) in [7, 11) is 0. The van der Waals surface area contributed by atoms with Gasteiger partial charge in [-0.1, -0.05) is 23.2 Å². The van der Waals surface area contributed by atoms with E-state index in [0.29, 0.717) is 41.8 Å². The highest BCUT2D eigenvalue weighted by atomic mass is 35.5. The highest BCUT2D eigenvalue weighted by Gasteiger charge is 2.24. The molecule has 7 heteroatoms. The SMILES string of the molecule is O=C(c1cc(Cl)ccc1Cl)N1CCN(c2cccnn2)CC1. The number of amides is 1. The normalized spacial score (nSPS) is 15.0. The summed E-state index contributed by atoms with van der Waals surface area (Å²) in [6.07, 6.45) is 1.64. The van der Waals surface area contributed by atoms with E-state index in [1.54, 1.807) is 29.3 Å². The minimum Gasteiger partial charge on any atom is -0.352 e. The first-order valence-corrected chi connectivity index (χ1v) is 7.68. The van der Waals surface area contributed by atoms with E-state index in [-0.39, 0.29) is 5.91 Å². The lowest BCUT2D eigenvalue weighted by Crippen LogP contribution is -2.49. The number of hydrogen-bond acceptors (Lipinski definition) is 4. The third-order valence-electron chi connectivity index (χ3n) is 3.61. The van der Waals surface area contributed by atoms with Gasteiger partial charge in [0, 0.05) is 37.4 Å². The van der Waals surface area contributed by atoms with Gasteiger partial charge in [-0.25, -0.2) is 0 Å². The fourth-order valence-electron chi connectivity index (χ4n) is 2.43. The van der Waals surface area contributed by atoms with Crippen molar-refractivity contribution in [1.82, 2.24) is 15.1 Å². The summed E-state index contributed by atoms with van der Waals surface area (Å²) in [6.45, 7) is 2.64. The molecular formula is C15H14Cl2N4O. The Morgan fingerprint density at radius 3 is 2.55 bits per heavy atom. The van der Waals surface area contributed by atoms with E-state index in [2.05, 4.69) is 15.1 Å². The van der Waals surface area contributed by atoms with Gasteiger partial charge in [0.25, 0.3) is 5.91 Å². The zero-order valence-corrected chi connectivity index (χ0v) is 13.3. The van der Waals surface area contributed by atoms with Crippen molar-refractivity contribution in [2.24, 2.45) is 0 Å². The molecule has 0 radical (unpaired) electrons. The summed E-state index contributed by atoms with van der Waals surface area (Å²) >= 11 is 12.1. The molecule has 0 spiro atoms. The van der Waals surface area contributed by atoms with Crippen molar-refractivity contribution >= 4 is 34.9 Å². The molecular weight excluding hydrogens is 323 g/mol. The molecule has 0 N–H and O–H groups in total. The quantitative estimate of drug-likeness (QED) is 0.846. The Kier molecular flexibility index (Phi) is 4.45. The Hall–Kier alpha value is -1.85. The van der Waals surface area contributed by atoms with Gasteiger partial charge in [0.1, 0.15) is 0 Å². The highest BCUT2D eigenvalue weighted by Crippen LogP contribution is 2.23. The van der Waals surface area contributed by atoms with Crippen LogP contribution in [0.1, 0.15) is 10.4 Å². The molecule has 0 saturated carbocycles. The monoisotopic (exact) mass is 336 g/mol. The fraction of sp³-hybridized carbons (Fsp3) is 0.267. The van der Waals surface area contributed by atoms with Crippen molar-refractivity contribution in [2.75, 3.05) is 31.1 Å². The summed E-state index contributed by atoms with van der Waals surface area (Å²) in [5.74, 6) is 0.738. The van der Waals surface area contributed by atoms with E-state index in [4.69, 9.17) is 23.2 Å². The fourth-order valence-corrected chi connectivity index (χ4v) is 2.80. The molecule has 2 aromatic rings. The largest absolute Gasteiger partial charge is 0.352 e. The summed E-state index contributed by atoms with van der Waals surface area (Å²) in [5, 5.41) is 8.90. The number of aromatic nitrogens is 2. The van der Waals surface area contributed by atoms with Crippen LogP contribution in [0.5, 0.6) is 0 Å². The van der Waals surface area contributed by atoms with E-state index >= 15 is 0 Å². The van der Waals surface area contributed by atoms with E-state index in [0.717, 1.165) is 5.82 Å². The second kappa shape index (κ2) is 6.50. The van der Waals surface area contributed by atoms with E-state index < -0.39 is 0 Å². The van der Waals surface area contributed by atoms with Crippen molar-refractivity contribution in [3.05, 3.63) is 52.1 Å². The van der Waals surface area contributed by atoms with Gasteiger partial charge in [-0.3, -0.25) is 4.79 Å². The topological polar surface area (TPSA) is 49.3 Å². The molecule has 1 saturated heterocycles. The van der Waals surface area contributed by atoms with Crippen LogP contribution in [0.3, 0.4) is 0 Å². The Balaban J connectivity index is 1.68. The third kappa shape index (κ3) is 3.15. The van der Waals surface area contributed by atoms with Gasteiger partial charge in [-0.15, -0.1) is 5.10 Å². The zero-order chi connectivity index (χ0) is 15.5. The molecule has 0 aliphatic carbocycles. The van der Waals surface area contributed by atoms with E-state index in [9.17, 15) is 4.79 Å². The molecule has 114 valence electrons. The van der Waals surface area contributed by atoms with Crippen LogP contribution >= 0.6 is 23.2 Å². The Labute approximate surface area is 138 Å². The minimum absolute atomic E-state index is 0.0914. The van der Waals surface area contributed by atoms with Gasteiger partial charge in [0.2, 0.25) is 0 Å². The summed E-state index contributed by atoms with van der Waals surface area (Å²) in [5.41, 5.74) is 0.446. The minimum atomic E-state index is -0.0914. The molecule has 0 bridgehead atoms.